The lowest BCUT2D eigenvalue weighted by Gasteiger charge is -2.16. The molecule has 1 aliphatic rings. The molecule has 8 heteroatoms. The molecule has 2 rings (SSSR count). The van der Waals surface area contributed by atoms with Crippen LogP contribution in [0.15, 0.2) is 23.1 Å². The fraction of sp³-hybridized carbons (Fsp3) is 0.625. The summed E-state index contributed by atoms with van der Waals surface area (Å²) in [7, 11) is 0.977. The molecule has 0 aromatic heterocycles. The van der Waals surface area contributed by atoms with Crippen LogP contribution in [0.2, 0.25) is 0 Å². The van der Waals surface area contributed by atoms with Crippen LogP contribution in [0.4, 0.5) is 0 Å². The van der Waals surface area contributed by atoms with Crippen LogP contribution in [0.5, 0.6) is 11.5 Å². The molecule has 1 N–H and O–H groups in total. The van der Waals surface area contributed by atoms with E-state index >= 15 is 0 Å². The predicted octanol–water partition coefficient (Wildman–Crippen LogP) is 0.950. The summed E-state index contributed by atoms with van der Waals surface area (Å²) in [5, 5.41) is 0. The van der Waals surface area contributed by atoms with Crippen LogP contribution in [0.1, 0.15) is 6.42 Å². The number of nitrogens with one attached hydrogen (secondary N) is 1. The Kier molecular flexibility index (Phi) is 6.85. The molecule has 1 saturated heterocycles. The van der Waals surface area contributed by atoms with E-state index in [-0.39, 0.29) is 4.90 Å². The van der Waals surface area contributed by atoms with Gasteiger partial charge in [-0.3, -0.25) is 0 Å². The highest BCUT2D eigenvalue weighted by molar-refractivity contribution is 7.89. The average molecular weight is 358 g/mol. The second kappa shape index (κ2) is 8.66. The quantitative estimate of drug-likeness (QED) is 0.708. The Morgan fingerprint density at radius 2 is 2.04 bits per heavy atom. The van der Waals surface area contributed by atoms with Gasteiger partial charge in [0, 0.05) is 32.8 Å². The van der Waals surface area contributed by atoms with E-state index < -0.39 is 10.0 Å². The molecule has 7 nitrogen and oxygen atoms in total. The maximum Gasteiger partial charge on any atom is 0.244 e. The van der Waals surface area contributed by atoms with Gasteiger partial charge in [0.2, 0.25) is 10.0 Å². The topological polar surface area (TPSA) is 77.1 Å². The van der Waals surface area contributed by atoms with Crippen LogP contribution in [-0.2, 0) is 14.8 Å². The molecule has 0 spiro atoms. The summed E-state index contributed by atoms with van der Waals surface area (Å²) in [5.74, 6) is 1.08. The first-order valence-electron chi connectivity index (χ1n) is 7.93. The van der Waals surface area contributed by atoms with E-state index in [0.717, 1.165) is 26.1 Å². The van der Waals surface area contributed by atoms with E-state index in [0.29, 0.717) is 30.6 Å². The standard InChI is InChI=1S/C16H26N2O5S/c1-21-9-8-18-7-6-13(12-18)11-17-24(19,20)16-10-14(22-2)4-5-15(16)23-3/h4-5,10,13,17H,6-9,11-12H2,1-3H3/t13-/m1/s1. The highest BCUT2D eigenvalue weighted by Gasteiger charge is 2.26. The van der Waals surface area contributed by atoms with Gasteiger partial charge in [0.15, 0.2) is 0 Å². The number of hydrogen-bond donors (Lipinski definition) is 1. The molecule has 1 aromatic rings. The summed E-state index contributed by atoms with van der Waals surface area (Å²) in [6.45, 7) is 3.83. The van der Waals surface area contributed by atoms with Gasteiger partial charge < -0.3 is 19.1 Å². The van der Waals surface area contributed by atoms with E-state index in [1.807, 2.05) is 0 Å². The maximum atomic E-state index is 12.6. The zero-order chi connectivity index (χ0) is 17.6. The van der Waals surface area contributed by atoms with Crippen molar-refractivity contribution in [2.24, 2.45) is 5.92 Å². The first-order valence-corrected chi connectivity index (χ1v) is 9.41. The van der Waals surface area contributed by atoms with E-state index in [4.69, 9.17) is 14.2 Å². The van der Waals surface area contributed by atoms with Crippen LogP contribution in [0.3, 0.4) is 0 Å². The van der Waals surface area contributed by atoms with Crippen molar-refractivity contribution in [3.8, 4) is 11.5 Å². The third kappa shape index (κ3) is 4.83. The van der Waals surface area contributed by atoms with Gasteiger partial charge in [-0.2, -0.15) is 0 Å². The van der Waals surface area contributed by atoms with Gasteiger partial charge in [-0.05, 0) is 31.0 Å². The molecule has 1 aromatic carbocycles. The molecular weight excluding hydrogens is 332 g/mol. The van der Waals surface area contributed by atoms with Crippen molar-refractivity contribution in [1.29, 1.82) is 0 Å². The summed E-state index contributed by atoms with van der Waals surface area (Å²) in [4.78, 5) is 2.38. The van der Waals surface area contributed by atoms with Crippen LogP contribution < -0.4 is 14.2 Å². The number of likely N-dealkylation sites (tertiary alicyclic amines) is 1. The van der Waals surface area contributed by atoms with Gasteiger partial charge in [0.25, 0.3) is 0 Å². The Hall–Kier alpha value is -1.35. The van der Waals surface area contributed by atoms with Gasteiger partial charge in [-0.25, -0.2) is 13.1 Å². The second-order valence-corrected chi connectivity index (χ2v) is 7.55. The molecule has 0 unspecified atom stereocenters. The monoisotopic (exact) mass is 358 g/mol. The molecule has 0 saturated carbocycles. The molecule has 1 heterocycles. The molecule has 0 radical (unpaired) electrons. The van der Waals surface area contributed by atoms with Gasteiger partial charge in [-0.15, -0.1) is 0 Å². The molecule has 1 atom stereocenters. The number of rotatable bonds is 9. The molecule has 24 heavy (non-hydrogen) atoms. The Morgan fingerprint density at radius 3 is 2.71 bits per heavy atom. The minimum absolute atomic E-state index is 0.0959. The minimum atomic E-state index is -3.66. The van der Waals surface area contributed by atoms with E-state index in [9.17, 15) is 8.42 Å². The molecular formula is C16H26N2O5S. The van der Waals surface area contributed by atoms with Crippen molar-refractivity contribution in [1.82, 2.24) is 9.62 Å². The molecule has 0 aliphatic carbocycles. The summed E-state index contributed by atoms with van der Waals surface area (Å²) in [6, 6.07) is 4.73. The van der Waals surface area contributed by atoms with Gasteiger partial charge >= 0.3 is 0 Å². The van der Waals surface area contributed by atoms with Gasteiger partial charge in [0.1, 0.15) is 16.4 Å². The highest BCUT2D eigenvalue weighted by Crippen LogP contribution is 2.28. The number of benzene rings is 1. The Balaban J connectivity index is 1.99. The number of sulfonamides is 1. The van der Waals surface area contributed by atoms with Gasteiger partial charge in [-0.1, -0.05) is 0 Å². The van der Waals surface area contributed by atoms with Crippen LogP contribution in [-0.4, -0.2) is 67.4 Å². The zero-order valence-corrected chi connectivity index (χ0v) is 15.3. The van der Waals surface area contributed by atoms with Gasteiger partial charge in [0.05, 0.1) is 20.8 Å². The normalized spacial score (nSPS) is 18.7. The first-order chi connectivity index (χ1) is 11.5. The van der Waals surface area contributed by atoms with Crippen LogP contribution >= 0.6 is 0 Å². The summed E-state index contributed by atoms with van der Waals surface area (Å²) in [5.41, 5.74) is 0. The van der Waals surface area contributed by atoms with E-state index in [2.05, 4.69) is 9.62 Å². The first kappa shape index (κ1) is 19.0. The Labute approximate surface area is 143 Å². The zero-order valence-electron chi connectivity index (χ0n) is 14.4. The number of nitrogens with zero attached hydrogens (tertiary/aromatic N) is 1. The average Bonchev–Trinajstić information content (AvgIpc) is 3.05. The summed E-state index contributed by atoms with van der Waals surface area (Å²) in [6.07, 6.45) is 0.974. The van der Waals surface area contributed by atoms with E-state index in [1.54, 1.807) is 19.2 Å². The smallest absolute Gasteiger partial charge is 0.244 e. The summed E-state index contributed by atoms with van der Waals surface area (Å²) < 4.78 is 43.3. The van der Waals surface area contributed by atoms with E-state index in [1.165, 1.54) is 20.3 Å². The molecule has 0 bridgehead atoms. The molecule has 1 fully saturated rings. The summed E-state index contributed by atoms with van der Waals surface area (Å²) >= 11 is 0. The van der Waals surface area contributed by atoms with Crippen LogP contribution in [0, 0.1) is 5.92 Å². The van der Waals surface area contributed by atoms with Crippen molar-refractivity contribution >= 4 is 10.0 Å². The third-order valence-corrected chi connectivity index (χ3v) is 5.65. The largest absolute Gasteiger partial charge is 0.497 e. The lowest BCUT2D eigenvalue weighted by molar-refractivity contribution is 0.159. The third-order valence-electron chi connectivity index (χ3n) is 4.20. The number of hydrogen-bond acceptors (Lipinski definition) is 6. The SMILES string of the molecule is COCCN1CC[C@H](CNS(=O)(=O)c2cc(OC)ccc2OC)C1. The fourth-order valence-electron chi connectivity index (χ4n) is 2.80. The number of methoxy groups -OCH3 is 3. The highest BCUT2D eigenvalue weighted by atomic mass is 32.2. The molecule has 136 valence electrons. The number of ether oxygens (including phenoxy) is 3. The molecule has 1 aliphatic heterocycles. The predicted molar refractivity (Wildman–Crippen MR) is 91.2 cm³/mol. The van der Waals surface area contributed by atoms with Crippen molar-refractivity contribution < 1.29 is 22.6 Å². The molecule has 0 amide bonds. The Morgan fingerprint density at radius 1 is 1.25 bits per heavy atom. The Bertz CT molecular complexity index is 635. The van der Waals surface area contributed by atoms with Crippen molar-refractivity contribution in [2.45, 2.75) is 11.3 Å². The lowest BCUT2D eigenvalue weighted by atomic mass is 10.1. The maximum absolute atomic E-state index is 12.6. The van der Waals surface area contributed by atoms with Crippen molar-refractivity contribution in [3.63, 3.8) is 0 Å². The lowest BCUT2D eigenvalue weighted by Crippen LogP contribution is -2.32. The van der Waals surface area contributed by atoms with Crippen LogP contribution in [0.25, 0.3) is 0 Å². The van der Waals surface area contributed by atoms with Crippen molar-refractivity contribution in [2.75, 3.05) is 54.1 Å². The second-order valence-electron chi connectivity index (χ2n) is 5.82. The van der Waals surface area contributed by atoms with Crippen molar-refractivity contribution in [3.05, 3.63) is 18.2 Å². The minimum Gasteiger partial charge on any atom is -0.497 e. The fourth-order valence-corrected chi connectivity index (χ4v) is 4.10.